The van der Waals surface area contributed by atoms with Crippen LogP contribution >= 0.6 is 7.60 Å². The molecule has 36 heavy (non-hydrogen) atoms. The average molecular weight is 538 g/mol. The molecule has 1 fully saturated rings. The van der Waals surface area contributed by atoms with Gasteiger partial charge >= 0.3 is 31.6 Å². The summed E-state index contributed by atoms with van der Waals surface area (Å²) in [7, 11) is -4.46. The lowest BCUT2D eigenvalue weighted by Gasteiger charge is -2.35. The number of quaternary nitrogens is 1. The minimum Gasteiger partial charge on any atom is -0.456 e. The molecule has 5 atom stereocenters. The Morgan fingerprint density at radius 1 is 1.00 bits per heavy atom. The van der Waals surface area contributed by atoms with E-state index in [9.17, 15) is 28.6 Å². The summed E-state index contributed by atoms with van der Waals surface area (Å²) < 4.78 is 39.9. The molecule has 205 valence electrons. The van der Waals surface area contributed by atoms with E-state index in [4.69, 9.17) is 23.6 Å². The van der Waals surface area contributed by atoms with Gasteiger partial charge in [0.1, 0.15) is 32.3 Å². The van der Waals surface area contributed by atoms with E-state index in [1.165, 1.54) is 6.08 Å². The number of ether oxygens (including phenoxy) is 4. The molecule has 1 unspecified atom stereocenters. The first-order valence-corrected chi connectivity index (χ1v) is 13.5. The van der Waals surface area contributed by atoms with Crippen molar-refractivity contribution in [2.75, 3.05) is 39.0 Å². The molecule has 1 rings (SSSR count). The molecule has 14 heteroatoms. The van der Waals surface area contributed by atoms with Gasteiger partial charge < -0.3 is 23.8 Å². The molecule has 0 aliphatic carbocycles. The van der Waals surface area contributed by atoms with E-state index >= 15 is 0 Å². The van der Waals surface area contributed by atoms with Crippen molar-refractivity contribution < 1.29 is 56.9 Å². The Morgan fingerprint density at radius 3 is 1.92 bits per heavy atom. The van der Waals surface area contributed by atoms with Crippen molar-refractivity contribution in [1.29, 1.82) is 0 Å². The molecule has 1 heterocycles. The monoisotopic (exact) mass is 537 g/mol. The third kappa shape index (κ3) is 8.58. The maximum absolute atomic E-state index is 13.4. The van der Waals surface area contributed by atoms with Crippen molar-refractivity contribution in [2.45, 2.75) is 65.8 Å². The van der Waals surface area contributed by atoms with E-state index in [1.54, 1.807) is 20.8 Å². The van der Waals surface area contributed by atoms with Gasteiger partial charge in [0, 0.05) is 18.6 Å². The predicted molar refractivity (Wildman–Crippen MR) is 126 cm³/mol. The van der Waals surface area contributed by atoms with Crippen LogP contribution in [0.1, 0.15) is 41.5 Å². The standard InChI is InChI=1S/C22H37N2O11P/c1-8-12-31-22(28)23-18(13-32-15(5)25)20(33-16(6)26)21(34-17(7)27)19(23)14-36(29,30)35-24(9-2,10-3)11-4/h8,18-21H,1,9-14H2,2-7H3/q+1/p+1/t18-,19+,20-,21-/m1/s1. The van der Waals surface area contributed by atoms with E-state index in [1.807, 2.05) is 0 Å². The first-order valence-electron chi connectivity index (χ1n) is 11.7. The van der Waals surface area contributed by atoms with Crippen molar-refractivity contribution in [3.05, 3.63) is 12.7 Å². The number of rotatable bonds is 13. The smallest absolute Gasteiger partial charge is 0.456 e. The summed E-state index contributed by atoms with van der Waals surface area (Å²) in [6, 6.07) is -2.51. The summed E-state index contributed by atoms with van der Waals surface area (Å²) >= 11 is 0. The zero-order valence-corrected chi connectivity index (χ0v) is 22.6. The molecule has 1 radical (unpaired) electrons. The lowest BCUT2D eigenvalue weighted by atomic mass is 10.1. The molecule has 1 amide bonds. The zero-order valence-electron chi connectivity index (χ0n) is 21.7. The number of esters is 3. The highest BCUT2D eigenvalue weighted by molar-refractivity contribution is 7.52. The average Bonchev–Trinajstić information content (AvgIpc) is 3.04. The molecule has 0 aromatic heterocycles. The van der Waals surface area contributed by atoms with Crippen molar-refractivity contribution in [3.63, 3.8) is 0 Å². The fraction of sp³-hybridized carbons (Fsp3) is 0.727. The van der Waals surface area contributed by atoms with Crippen LogP contribution in [-0.4, -0.2) is 102 Å². The molecule has 0 saturated carbocycles. The SMILES string of the molecule is C=CCOC(=O)N1[C@H](COC(C)=[O+])[C@@H](OC(C)=O)[C@H](OC(C)=O)[C@@H]1CP(=O)(O)O[N+](CC)(CC)CC. The summed E-state index contributed by atoms with van der Waals surface area (Å²) in [5, 5.41) is 0. The number of hydrogen-bond acceptors (Lipinski definition) is 10. The van der Waals surface area contributed by atoms with Gasteiger partial charge in [-0.15, -0.1) is 4.62 Å². The van der Waals surface area contributed by atoms with Crippen LogP contribution in [0.2, 0.25) is 0 Å². The van der Waals surface area contributed by atoms with E-state index in [0.29, 0.717) is 19.6 Å². The van der Waals surface area contributed by atoms with Gasteiger partial charge in [0.05, 0.1) is 19.1 Å². The van der Waals surface area contributed by atoms with Crippen LogP contribution in [0.5, 0.6) is 0 Å². The normalized spacial score (nSPS) is 23.4. The second-order valence-electron chi connectivity index (χ2n) is 8.27. The Bertz CT molecular complexity index is 853. The largest absolute Gasteiger partial charge is 0.571 e. The highest BCUT2D eigenvalue weighted by Crippen LogP contribution is 2.49. The van der Waals surface area contributed by atoms with Crippen LogP contribution in [-0.2, 0) is 42.5 Å². The van der Waals surface area contributed by atoms with Crippen LogP contribution in [0.25, 0.3) is 0 Å². The number of amides is 1. The number of hydroxylamine groups is 3. The Balaban J connectivity index is 3.59. The summed E-state index contributed by atoms with van der Waals surface area (Å²) in [5.74, 6) is -2.24. The molecule has 1 aliphatic rings. The Morgan fingerprint density at radius 2 is 1.50 bits per heavy atom. The maximum atomic E-state index is 13.4. The van der Waals surface area contributed by atoms with Crippen molar-refractivity contribution in [3.8, 4) is 0 Å². The zero-order chi connectivity index (χ0) is 27.7. The molecule has 0 bridgehead atoms. The van der Waals surface area contributed by atoms with E-state index < -0.39 is 68.7 Å². The Labute approximate surface area is 211 Å². The molecule has 0 spiro atoms. The lowest BCUT2D eigenvalue weighted by molar-refractivity contribution is -1.08. The molecule has 1 aliphatic heterocycles. The van der Waals surface area contributed by atoms with Crippen molar-refractivity contribution in [1.82, 2.24) is 4.90 Å². The van der Waals surface area contributed by atoms with E-state index in [2.05, 4.69) is 6.58 Å². The van der Waals surface area contributed by atoms with Gasteiger partial charge in [-0.1, -0.05) is 12.7 Å². The molecule has 0 aromatic carbocycles. The van der Waals surface area contributed by atoms with Gasteiger partial charge in [-0.25, -0.2) is 4.79 Å². The summed E-state index contributed by atoms with van der Waals surface area (Å²) in [4.78, 5) is 60.4. The Kier molecular flexibility index (Phi) is 12.0. The summed E-state index contributed by atoms with van der Waals surface area (Å²) in [6.07, 6.45) is -3.05. The highest BCUT2D eigenvalue weighted by atomic mass is 31.2. The predicted octanol–water partition coefficient (Wildman–Crippen LogP) is 1.78. The van der Waals surface area contributed by atoms with Gasteiger partial charge in [0.2, 0.25) is 6.61 Å². The minimum atomic E-state index is -4.46. The van der Waals surface area contributed by atoms with Gasteiger partial charge in [-0.2, -0.15) is 4.65 Å². The third-order valence-electron chi connectivity index (χ3n) is 5.84. The van der Waals surface area contributed by atoms with Crippen molar-refractivity contribution in [2.24, 2.45) is 0 Å². The van der Waals surface area contributed by atoms with E-state index in [-0.39, 0.29) is 11.3 Å². The Hall–Kier alpha value is -2.47. The number of nitrogens with zero attached hydrogens (tertiary/aromatic N) is 2. The van der Waals surface area contributed by atoms with Gasteiger partial charge in [-0.05, 0) is 20.8 Å². The molecule has 1 saturated heterocycles. The van der Waals surface area contributed by atoms with Gasteiger partial charge in [0.25, 0.3) is 0 Å². The van der Waals surface area contributed by atoms with Crippen LogP contribution in [0.4, 0.5) is 4.79 Å². The van der Waals surface area contributed by atoms with Crippen LogP contribution in [0.3, 0.4) is 0 Å². The van der Waals surface area contributed by atoms with Gasteiger partial charge in [-0.3, -0.25) is 19.1 Å². The number of hydrogen-bond donors (Lipinski definition) is 1. The highest BCUT2D eigenvalue weighted by Gasteiger charge is 2.59. The molecule has 13 nitrogen and oxygen atoms in total. The number of likely N-dealkylation sites (tertiary alicyclic amines) is 1. The second-order valence-corrected chi connectivity index (χ2v) is 10.1. The number of carbonyl (C=O) groups is 4. The van der Waals surface area contributed by atoms with Crippen molar-refractivity contribution >= 4 is 31.6 Å². The minimum absolute atomic E-state index is 0.135. The van der Waals surface area contributed by atoms with Crippen LogP contribution < -0.4 is 0 Å². The fourth-order valence-corrected chi connectivity index (χ4v) is 5.92. The lowest BCUT2D eigenvalue weighted by Crippen LogP contribution is -2.50. The van der Waals surface area contributed by atoms with Gasteiger partial charge in [0.15, 0.2) is 12.2 Å². The molecular formula is C22H38N2O11P+2. The topological polar surface area (TPSA) is 158 Å². The third-order valence-corrected chi connectivity index (χ3v) is 7.28. The molecule has 1 N–H and O–H groups in total. The first kappa shape index (κ1) is 31.6. The maximum Gasteiger partial charge on any atom is 0.571 e. The molecular weight excluding hydrogens is 499 g/mol. The van der Waals surface area contributed by atoms with E-state index in [0.717, 1.165) is 25.7 Å². The van der Waals surface area contributed by atoms with Crippen LogP contribution in [0.15, 0.2) is 12.7 Å². The fourth-order valence-electron chi connectivity index (χ4n) is 4.10. The quantitative estimate of drug-likeness (QED) is 0.0694. The first-order chi connectivity index (χ1) is 16.8. The number of carbonyl (C=O) groups excluding carboxylic acids is 4. The van der Waals surface area contributed by atoms with Crippen LogP contribution in [0, 0.1) is 0 Å². The summed E-state index contributed by atoms with van der Waals surface area (Å²) in [6.45, 7) is 12.8. The summed E-state index contributed by atoms with van der Waals surface area (Å²) in [5.41, 5.74) is 0. The molecule has 0 aromatic rings. The second kappa shape index (κ2) is 13.7.